The van der Waals surface area contributed by atoms with Crippen molar-refractivity contribution < 1.29 is 42.9 Å². The summed E-state index contributed by atoms with van der Waals surface area (Å²) in [5, 5.41) is 0. The molecule has 130 valence electrons. The third-order valence-electron chi connectivity index (χ3n) is 2.90. The molecule has 0 radical (unpaired) electrons. The van der Waals surface area contributed by atoms with Crippen molar-refractivity contribution in [3.8, 4) is 0 Å². The third kappa shape index (κ3) is 6.23. The average molecular weight is 332 g/mol. The van der Waals surface area contributed by atoms with E-state index >= 15 is 0 Å². The highest BCUT2D eigenvalue weighted by molar-refractivity contribution is 5.68. The molecule has 1 heterocycles. The molecule has 0 bridgehead atoms. The Kier molecular flexibility index (Phi) is 6.95. The molecule has 1 aliphatic heterocycles. The highest BCUT2D eigenvalue weighted by Gasteiger charge is 2.47. The summed E-state index contributed by atoms with van der Waals surface area (Å²) in [5.41, 5.74) is 0. The van der Waals surface area contributed by atoms with Gasteiger partial charge in [-0.25, -0.2) is 0 Å². The van der Waals surface area contributed by atoms with Crippen LogP contribution in [0, 0.1) is 0 Å². The van der Waals surface area contributed by atoms with Crippen LogP contribution >= 0.6 is 0 Å². The van der Waals surface area contributed by atoms with E-state index in [4.69, 9.17) is 23.7 Å². The standard InChI is InChI=1S/C14H20O9/c1-7(15)19-5-11-13(22-9(3)17)14(23-10(4)18)12(6-20-11)21-8(2)16/h11-14H,5-6H2,1-4H3/t11?,12-,13-,14-/m1/s1. The van der Waals surface area contributed by atoms with E-state index in [1.54, 1.807) is 0 Å². The number of ether oxygens (including phenoxy) is 5. The molecule has 0 saturated carbocycles. The molecule has 0 spiro atoms. The molecular weight excluding hydrogens is 312 g/mol. The molecular formula is C14H20O9. The van der Waals surface area contributed by atoms with Gasteiger partial charge >= 0.3 is 23.9 Å². The van der Waals surface area contributed by atoms with Gasteiger partial charge in [0.15, 0.2) is 18.3 Å². The quantitative estimate of drug-likeness (QED) is 0.496. The fourth-order valence-electron chi connectivity index (χ4n) is 2.16. The van der Waals surface area contributed by atoms with Crippen molar-refractivity contribution in [2.75, 3.05) is 13.2 Å². The Hall–Kier alpha value is -2.16. The van der Waals surface area contributed by atoms with Crippen LogP contribution < -0.4 is 0 Å². The van der Waals surface area contributed by atoms with E-state index < -0.39 is 48.3 Å². The largest absolute Gasteiger partial charge is 0.463 e. The van der Waals surface area contributed by atoms with Crippen molar-refractivity contribution in [1.29, 1.82) is 0 Å². The van der Waals surface area contributed by atoms with Gasteiger partial charge in [0.05, 0.1) is 6.61 Å². The van der Waals surface area contributed by atoms with Crippen molar-refractivity contribution >= 4 is 23.9 Å². The van der Waals surface area contributed by atoms with E-state index in [0.29, 0.717) is 0 Å². The molecule has 4 atom stereocenters. The molecule has 0 aromatic heterocycles. The van der Waals surface area contributed by atoms with Crippen molar-refractivity contribution in [1.82, 2.24) is 0 Å². The van der Waals surface area contributed by atoms with Crippen LogP contribution in [0.2, 0.25) is 0 Å². The molecule has 23 heavy (non-hydrogen) atoms. The van der Waals surface area contributed by atoms with Gasteiger partial charge in [0.2, 0.25) is 0 Å². The molecule has 0 aliphatic carbocycles. The minimum absolute atomic E-state index is 0.0960. The van der Waals surface area contributed by atoms with Crippen LogP contribution in [0.5, 0.6) is 0 Å². The maximum atomic E-state index is 11.3. The van der Waals surface area contributed by atoms with Crippen LogP contribution in [0.3, 0.4) is 0 Å². The lowest BCUT2D eigenvalue weighted by molar-refractivity contribution is -0.231. The zero-order valence-electron chi connectivity index (χ0n) is 13.4. The molecule has 0 amide bonds. The van der Waals surface area contributed by atoms with Gasteiger partial charge < -0.3 is 23.7 Å². The zero-order chi connectivity index (χ0) is 17.6. The van der Waals surface area contributed by atoms with Gasteiger partial charge in [-0.3, -0.25) is 19.2 Å². The summed E-state index contributed by atoms with van der Waals surface area (Å²) >= 11 is 0. The molecule has 1 rings (SSSR count). The molecule has 9 nitrogen and oxygen atoms in total. The number of hydrogen-bond donors (Lipinski definition) is 0. The van der Waals surface area contributed by atoms with Crippen molar-refractivity contribution in [3.63, 3.8) is 0 Å². The minimum Gasteiger partial charge on any atom is -0.463 e. The fraction of sp³-hybridized carbons (Fsp3) is 0.714. The van der Waals surface area contributed by atoms with Crippen LogP contribution in [0.15, 0.2) is 0 Å². The Morgan fingerprint density at radius 3 is 1.83 bits per heavy atom. The fourth-order valence-corrected chi connectivity index (χ4v) is 2.16. The smallest absolute Gasteiger partial charge is 0.303 e. The Balaban J connectivity index is 2.98. The zero-order valence-corrected chi connectivity index (χ0v) is 13.4. The first-order chi connectivity index (χ1) is 10.7. The lowest BCUT2D eigenvalue weighted by Crippen LogP contribution is -2.58. The van der Waals surface area contributed by atoms with Gasteiger partial charge in [-0.2, -0.15) is 0 Å². The summed E-state index contributed by atoms with van der Waals surface area (Å²) < 4.78 is 25.6. The van der Waals surface area contributed by atoms with Gasteiger partial charge in [0, 0.05) is 27.7 Å². The molecule has 0 N–H and O–H groups in total. The maximum absolute atomic E-state index is 11.3. The van der Waals surface area contributed by atoms with Gasteiger partial charge in [-0.15, -0.1) is 0 Å². The number of esters is 4. The number of carbonyl (C=O) groups is 4. The predicted molar refractivity (Wildman–Crippen MR) is 73.0 cm³/mol. The van der Waals surface area contributed by atoms with Crippen LogP contribution in [-0.2, 0) is 42.9 Å². The van der Waals surface area contributed by atoms with E-state index in [2.05, 4.69) is 0 Å². The SMILES string of the molecule is CC(=O)OCC1OC[C@@H](OC(C)=O)[C@@H](OC(C)=O)[C@@H]1OC(C)=O. The summed E-state index contributed by atoms with van der Waals surface area (Å²) in [7, 11) is 0. The van der Waals surface area contributed by atoms with Gasteiger partial charge in [-0.05, 0) is 0 Å². The normalized spacial score (nSPS) is 26.8. The van der Waals surface area contributed by atoms with Crippen LogP contribution in [0.1, 0.15) is 27.7 Å². The first-order valence-corrected chi connectivity index (χ1v) is 6.97. The highest BCUT2D eigenvalue weighted by Crippen LogP contribution is 2.24. The molecule has 9 heteroatoms. The van der Waals surface area contributed by atoms with Crippen LogP contribution in [0.25, 0.3) is 0 Å². The number of rotatable bonds is 5. The summed E-state index contributed by atoms with van der Waals surface area (Å²) in [5.74, 6) is -2.43. The van der Waals surface area contributed by atoms with Crippen molar-refractivity contribution in [2.24, 2.45) is 0 Å². The Morgan fingerprint density at radius 2 is 1.35 bits per heavy atom. The predicted octanol–water partition coefficient (Wildman–Crippen LogP) is -0.257. The van der Waals surface area contributed by atoms with Gasteiger partial charge in [0.25, 0.3) is 0 Å². The van der Waals surface area contributed by atoms with Gasteiger partial charge in [0.1, 0.15) is 12.7 Å². The second kappa shape index (κ2) is 8.47. The van der Waals surface area contributed by atoms with Gasteiger partial charge in [-0.1, -0.05) is 0 Å². The Labute approximate surface area is 133 Å². The lowest BCUT2D eigenvalue weighted by Gasteiger charge is -2.40. The second-order valence-corrected chi connectivity index (χ2v) is 4.97. The topological polar surface area (TPSA) is 114 Å². The van der Waals surface area contributed by atoms with Crippen molar-refractivity contribution in [2.45, 2.75) is 52.1 Å². The molecule has 1 aliphatic rings. The maximum Gasteiger partial charge on any atom is 0.303 e. The molecule has 1 unspecified atom stereocenters. The van der Waals surface area contributed by atoms with Crippen LogP contribution in [0.4, 0.5) is 0 Å². The van der Waals surface area contributed by atoms with Crippen molar-refractivity contribution in [3.05, 3.63) is 0 Å². The van der Waals surface area contributed by atoms with E-state index in [1.165, 1.54) is 27.7 Å². The van der Waals surface area contributed by atoms with E-state index in [0.717, 1.165) is 0 Å². The number of carbonyl (C=O) groups excluding carboxylic acids is 4. The number of hydrogen-bond acceptors (Lipinski definition) is 9. The monoisotopic (exact) mass is 332 g/mol. The molecule has 0 aromatic carbocycles. The van der Waals surface area contributed by atoms with E-state index in [1.807, 2.05) is 0 Å². The summed E-state index contributed by atoms with van der Waals surface area (Å²) in [6.07, 6.45) is -3.92. The Morgan fingerprint density at radius 1 is 0.826 bits per heavy atom. The lowest BCUT2D eigenvalue weighted by atomic mass is 9.99. The van der Waals surface area contributed by atoms with E-state index in [9.17, 15) is 19.2 Å². The second-order valence-electron chi connectivity index (χ2n) is 4.97. The first-order valence-electron chi connectivity index (χ1n) is 6.97. The first kappa shape index (κ1) is 18.9. The Bertz CT molecular complexity index is 473. The van der Waals surface area contributed by atoms with Crippen LogP contribution in [-0.4, -0.2) is 61.5 Å². The summed E-state index contributed by atoms with van der Waals surface area (Å²) in [6.45, 7) is 4.46. The third-order valence-corrected chi connectivity index (χ3v) is 2.90. The van der Waals surface area contributed by atoms with E-state index in [-0.39, 0.29) is 13.2 Å². The summed E-state index contributed by atoms with van der Waals surface area (Å²) in [4.78, 5) is 44.8. The molecule has 1 fully saturated rings. The molecule has 1 saturated heterocycles. The molecule has 0 aromatic rings. The highest BCUT2D eigenvalue weighted by atomic mass is 16.7. The summed E-state index contributed by atoms with van der Waals surface area (Å²) in [6, 6.07) is 0. The minimum atomic E-state index is -1.08. The average Bonchev–Trinajstić information content (AvgIpc) is 2.39.